The molecule has 1 atom stereocenters. The second kappa shape index (κ2) is 11.2. The fraction of sp³-hybridized carbons (Fsp3) is 0.214. The summed E-state index contributed by atoms with van der Waals surface area (Å²) in [5, 5.41) is 18.1. The van der Waals surface area contributed by atoms with Gasteiger partial charge in [-0.05, 0) is 42.3 Å². The third-order valence-electron chi connectivity index (χ3n) is 6.64. The predicted molar refractivity (Wildman–Crippen MR) is 146 cm³/mol. The molecule has 1 aliphatic rings. The summed E-state index contributed by atoms with van der Waals surface area (Å²) >= 11 is 0. The van der Waals surface area contributed by atoms with Crippen LogP contribution < -0.4 is 15.8 Å². The molecule has 3 heterocycles. The van der Waals surface area contributed by atoms with Crippen molar-refractivity contribution in [3.8, 4) is 16.9 Å². The van der Waals surface area contributed by atoms with E-state index >= 15 is 0 Å². The number of likely N-dealkylation sites (tertiary alicyclic amines) is 1. The summed E-state index contributed by atoms with van der Waals surface area (Å²) in [7, 11) is 1.81. The van der Waals surface area contributed by atoms with Gasteiger partial charge in [-0.2, -0.15) is 5.10 Å². The number of nitro groups is 1. The van der Waals surface area contributed by atoms with E-state index < -0.39 is 4.92 Å². The zero-order valence-electron chi connectivity index (χ0n) is 21.7. The molecule has 1 aliphatic heterocycles. The maximum absolute atomic E-state index is 13.1. The first-order chi connectivity index (χ1) is 19.3. The molecule has 3 N–H and O–H groups in total. The van der Waals surface area contributed by atoms with Crippen LogP contribution in [0.25, 0.3) is 11.1 Å². The summed E-state index contributed by atoms with van der Waals surface area (Å²) in [5.41, 5.74) is 8.97. The number of hydrogen-bond donors (Lipinski definition) is 2. The smallest absolute Gasteiger partial charge is 0.269 e. The van der Waals surface area contributed by atoms with Crippen LogP contribution in [0.2, 0.25) is 0 Å². The molecule has 0 radical (unpaired) electrons. The van der Waals surface area contributed by atoms with Crippen molar-refractivity contribution < 1.29 is 19.2 Å². The number of non-ortho nitro benzene ring substituents is 1. The number of aryl methyl sites for hydroxylation is 1. The number of ether oxygens (including phenoxy) is 1. The Morgan fingerprint density at radius 3 is 2.67 bits per heavy atom. The van der Waals surface area contributed by atoms with Crippen LogP contribution in [-0.2, 0) is 13.7 Å². The molecule has 1 saturated heterocycles. The molecule has 40 heavy (non-hydrogen) atoms. The van der Waals surface area contributed by atoms with Crippen LogP contribution in [0.15, 0.2) is 73.2 Å². The molecule has 12 heteroatoms. The molecule has 2 amide bonds. The zero-order chi connectivity index (χ0) is 28.2. The number of nitrogens with zero attached hydrogens (tertiary/aromatic N) is 5. The number of nitrogens with one attached hydrogen (secondary N) is 1. The van der Waals surface area contributed by atoms with Crippen molar-refractivity contribution >= 4 is 23.3 Å². The van der Waals surface area contributed by atoms with Gasteiger partial charge in [-0.3, -0.25) is 24.4 Å². The van der Waals surface area contributed by atoms with Crippen LogP contribution in [0.3, 0.4) is 0 Å². The number of nitro benzene ring substituents is 1. The average molecular weight is 542 g/mol. The minimum absolute atomic E-state index is 0.000500. The minimum Gasteiger partial charge on any atom is -0.489 e. The van der Waals surface area contributed by atoms with Gasteiger partial charge in [0.1, 0.15) is 18.2 Å². The third kappa shape index (κ3) is 5.90. The Kier molecular flexibility index (Phi) is 7.40. The highest BCUT2D eigenvalue weighted by molar-refractivity contribution is 6.00. The van der Waals surface area contributed by atoms with Gasteiger partial charge < -0.3 is 20.7 Å². The van der Waals surface area contributed by atoms with Gasteiger partial charge in [-0.25, -0.2) is 4.98 Å². The van der Waals surface area contributed by atoms with Crippen molar-refractivity contribution in [3.63, 3.8) is 0 Å². The number of anilines is 1. The van der Waals surface area contributed by atoms with Gasteiger partial charge >= 0.3 is 0 Å². The van der Waals surface area contributed by atoms with Crippen LogP contribution in [0, 0.1) is 10.1 Å². The molecule has 0 saturated carbocycles. The molecule has 0 bridgehead atoms. The molecule has 5 rings (SSSR count). The maximum atomic E-state index is 13.1. The van der Waals surface area contributed by atoms with Crippen molar-refractivity contribution in [1.29, 1.82) is 0 Å². The molecule has 204 valence electrons. The van der Waals surface area contributed by atoms with Crippen LogP contribution in [0.4, 0.5) is 11.5 Å². The molecular weight excluding hydrogens is 514 g/mol. The Labute approximate surface area is 229 Å². The Hall–Kier alpha value is -5.26. The number of aromatic nitrogens is 3. The van der Waals surface area contributed by atoms with Crippen molar-refractivity contribution in [2.75, 3.05) is 18.8 Å². The number of rotatable bonds is 8. The van der Waals surface area contributed by atoms with E-state index in [1.165, 1.54) is 12.1 Å². The number of pyridine rings is 1. The standard InChI is InChI=1S/C28H27N7O5/c1-33-15-21(14-31-33)20-12-25(26(29)30-13-20)27(36)32-22-9-10-34(16-22)28(37)19-5-7-24(8-6-19)40-17-18-3-2-4-23(11-18)35(38)39/h2-8,11-15,22H,9-10,16-17H2,1H3,(H2,29,30)(H,32,36)/t22-/m1/s1. The van der Waals surface area contributed by atoms with E-state index in [-0.39, 0.29) is 41.5 Å². The first-order valence-corrected chi connectivity index (χ1v) is 12.6. The lowest BCUT2D eigenvalue weighted by atomic mass is 10.1. The van der Waals surface area contributed by atoms with Gasteiger partial charge in [0.05, 0.1) is 16.7 Å². The summed E-state index contributed by atoms with van der Waals surface area (Å²) in [6, 6.07) is 14.4. The van der Waals surface area contributed by atoms with Crippen molar-refractivity contribution in [2.24, 2.45) is 7.05 Å². The highest BCUT2D eigenvalue weighted by atomic mass is 16.6. The monoisotopic (exact) mass is 541 g/mol. The summed E-state index contributed by atoms with van der Waals surface area (Å²) < 4.78 is 7.39. The van der Waals surface area contributed by atoms with Gasteiger partial charge in [0.25, 0.3) is 17.5 Å². The molecule has 1 fully saturated rings. The Bertz CT molecular complexity index is 1570. The summed E-state index contributed by atoms with van der Waals surface area (Å²) in [6.45, 7) is 1.02. The Morgan fingerprint density at radius 1 is 1.15 bits per heavy atom. The quantitative estimate of drug-likeness (QED) is 0.254. The molecule has 0 spiro atoms. The van der Waals surface area contributed by atoms with E-state index in [1.54, 1.807) is 71.5 Å². The number of benzene rings is 2. The van der Waals surface area contributed by atoms with E-state index in [0.717, 1.165) is 11.1 Å². The number of nitrogen functional groups attached to an aromatic ring is 1. The van der Waals surface area contributed by atoms with Crippen molar-refractivity contribution in [3.05, 3.63) is 100.0 Å². The lowest BCUT2D eigenvalue weighted by Crippen LogP contribution is -2.38. The number of carbonyl (C=O) groups is 2. The second-order valence-electron chi connectivity index (χ2n) is 9.51. The molecule has 12 nitrogen and oxygen atoms in total. The van der Waals surface area contributed by atoms with Crippen LogP contribution in [0.5, 0.6) is 5.75 Å². The maximum Gasteiger partial charge on any atom is 0.269 e. The minimum atomic E-state index is -0.452. The van der Waals surface area contributed by atoms with Crippen LogP contribution >= 0.6 is 0 Å². The van der Waals surface area contributed by atoms with Gasteiger partial charge in [0.15, 0.2) is 0 Å². The van der Waals surface area contributed by atoms with Crippen molar-refractivity contribution in [2.45, 2.75) is 19.1 Å². The highest BCUT2D eigenvalue weighted by Gasteiger charge is 2.29. The van der Waals surface area contributed by atoms with Gasteiger partial charge in [-0.15, -0.1) is 0 Å². The fourth-order valence-electron chi connectivity index (χ4n) is 4.51. The second-order valence-corrected chi connectivity index (χ2v) is 9.51. The molecule has 4 aromatic rings. The lowest BCUT2D eigenvalue weighted by Gasteiger charge is -2.18. The topological polar surface area (TPSA) is 159 Å². The molecule has 2 aromatic carbocycles. The van der Waals surface area contributed by atoms with E-state index in [2.05, 4.69) is 15.4 Å². The van der Waals surface area contributed by atoms with E-state index in [0.29, 0.717) is 36.4 Å². The highest BCUT2D eigenvalue weighted by Crippen LogP contribution is 2.23. The summed E-state index contributed by atoms with van der Waals surface area (Å²) in [4.78, 5) is 42.4. The van der Waals surface area contributed by atoms with E-state index in [9.17, 15) is 19.7 Å². The SMILES string of the molecule is Cn1cc(-c2cnc(N)c(C(=O)N[C@@H]3CCN(C(=O)c4ccc(OCc5cccc([N+](=O)[O-])c5)cc4)C3)c2)cn1. The number of amides is 2. The molecular formula is C28H27N7O5. The van der Waals surface area contributed by atoms with Gasteiger partial charge in [0, 0.05) is 67.4 Å². The largest absolute Gasteiger partial charge is 0.489 e. The van der Waals surface area contributed by atoms with E-state index in [4.69, 9.17) is 10.5 Å². The average Bonchev–Trinajstić information content (AvgIpc) is 3.61. The summed E-state index contributed by atoms with van der Waals surface area (Å²) in [6.07, 6.45) is 5.72. The third-order valence-corrected chi connectivity index (χ3v) is 6.64. The Balaban J connectivity index is 1.16. The zero-order valence-corrected chi connectivity index (χ0v) is 21.7. The van der Waals surface area contributed by atoms with Crippen LogP contribution in [-0.4, -0.2) is 55.5 Å². The van der Waals surface area contributed by atoms with E-state index in [1.807, 2.05) is 6.20 Å². The first-order valence-electron chi connectivity index (χ1n) is 12.6. The van der Waals surface area contributed by atoms with Crippen LogP contribution in [0.1, 0.15) is 32.7 Å². The van der Waals surface area contributed by atoms with Crippen molar-refractivity contribution in [1.82, 2.24) is 25.0 Å². The number of carbonyl (C=O) groups excluding carboxylic acids is 2. The molecule has 0 unspecified atom stereocenters. The molecule has 0 aliphatic carbocycles. The number of nitrogens with two attached hydrogens (primary N) is 1. The fourth-order valence-corrected chi connectivity index (χ4v) is 4.51. The lowest BCUT2D eigenvalue weighted by molar-refractivity contribution is -0.384. The van der Waals surface area contributed by atoms with Gasteiger partial charge in [0.2, 0.25) is 0 Å². The number of hydrogen-bond acceptors (Lipinski definition) is 8. The van der Waals surface area contributed by atoms with Gasteiger partial charge in [-0.1, -0.05) is 12.1 Å². The normalized spacial score (nSPS) is 14.6. The Morgan fingerprint density at radius 2 is 1.95 bits per heavy atom. The predicted octanol–water partition coefficient (Wildman–Crippen LogP) is 3.20. The molecule has 2 aromatic heterocycles. The first kappa shape index (κ1) is 26.4. The summed E-state index contributed by atoms with van der Waals surface area (Å²) in [5.74, 6) is 0.167.